The van der Waals surface area contributed by atoms with E-state index in [-0.39, 0.29) is 0 Å². The normalized spacial score (nSPS) is 30.7. The largest absolute Gasteiger partial charge is 0.316 e. The molecule has 0 aromatic heterocycles. The third-order valence-corrected chi connectivity index (χ3v) is 3.64. The minimum Gasteiger partial charge on any atom is -0.316 e. The third-order valence-electron chi connectivity index (χ3n) is 1.93. The van der Waals surface area contributed by atoms with E-state index >= 15 is 0 Å². The molecule has 9 heavy (non-hydrogen) atoms. The number of hydrogen-bond acceptors (Lipinski definition) is 3. The van der Waals surface area contributed by atoms with E-state index < -0.39 is 0 Å². The van der Waals surface area contributed by atoms with Gasteiger partial charge in [-0.3, -0.25) is 0 Å². The Hall–Kier alpha value is 0.660. The maximum atomic E-state index is 4.18. The third kappa shape index (κ3) is 2.06. The zero-order chi connectivity index (χ0) is 6.69. The predicted molar refractivity (Wildman–Crippen MR) is 47.0 cm³/mol. The van der Waals surface area contributed by atoms with Crippen LogP contribution in [-0.4, -0.2) is 18.3 Å². The number of rotatable bonds is 2. The summed E-state index contributed by atoms with van der Waals surface area (Å²) in [7, 11) is 1.68. The van der Waals surface area contributed by atoms with E-state index in [1.54, 1.807) is 10.8 Å². The van der Waals surface area contributed by atoms with Crippen LogP contribution >= 0.6 is 22.5 Å². The molecule has 0 amide bonds. The molecule has 0 saturated carbocycles. The Labute approximate surface area is 65.8 Å². The summed E-state index contributed by atoms with van der Waals surface area (Å²) in [5, 5.41) is 4.05. The highest BCUT2D eigenvalue weighted by Crippen LogP contribution is 2.25. The molecule has 3 heteroatoms. The monoisotopic (exact) mass is 163 g/mol. The average Bonchev–Trinajstić information content (AvgIpc) is 2.37. The first kappa shape index (κ1) is 7.76. The Morgan fingerprint density at radius 2 is 2.56 bits per heavy atom. The van der Waals surface area contributed by atoms with Crippen molar-refractivity contribution in [3.8, 4) is 0 Å². The molecular weight excluding hydrogens is 150 g/mol. The van der Waals surface area contributed by atoms with Crippen LogP contribution in [0.4, 0.5) is 0 Å². The molecule has 54 valence electrons. The molecule has 2 atom stereocenters. The minimum atomic E-state index is 0.711. The molecule has 1 fully saturated rings. The van der Waals surface area contributed by atoms with Gasteiger partial charge in [-0.05, 0) is 25.4 Å². The van der Waals surface area contributed by atoms with Gasteiger partial charge in [-0.15, -0.1) is 11.7 Å². The second-order valence-corrected chi connectivity index (χ2v) is 4.15. The fraction of sp³-hybridized carbons (Fsp3) is 1.00. The van der Waals surface area contributed by atoms with E-state index in [9.17, 15) is 0 Å². The molecule has 0 radical (unpaired) electrons. The maximum absolute atomic E-state index is 4.18. The van der Waals surface area contributed by atoms with Crippen LogP contribution in [0.5, 0.6) is 0 Å². The Bertz CT molecular complexity index is 81.1. The van der Waals surface area contributed by atoms with Crippen molar-refractivity contribution in [2.24, 2.45) is 5.92 Å². The van der Waals surface area contributed by atoms with Crippen molar-refractivity contribution in [1.29, 1.82) is 0 Å². The van der Waals surface area contributed by atoms with Crippen LogP contribution < -0.4 is 5.32 Å². The number of nitrogens with one attached hydrogen (secondary N) is 1. The van der Waals surface area contributed by atoms with Gasteiger partial charge in [0, 0.05) is 5.25 Å². The Morgan fingerprint density at radius 3 is 3.00 bits per heavy atom. The Kier molecular flexibility index (Phi) is 3.22. The van der Waals surface area contributed by atoms with Crippen molar-refractivity contribution in [3.05, 3.63) is 0 Å². The van der Waals surface area contributed by atoms with Crippen molar-refractivity contribution in [3.63, 3.8) is 0 Å². The van der Waals surface area contributed by atoms with Gasteiger partial charge in [0.2, 0.25) is 0 Å². The SMILES string of the molecule is CC(SS)C1CCNC1. The molecule has 1 saturated heterocycles. The van der Waals surface area contributed by atoms with Crippen LogP contribution in [0.3, 0.4) is 0 Å². The van der Waals surface area contributed by atoms with Gasteiger partial charge in [0.1, 0.15) is 0 Å². The van der Waals surface area contributed by atoms with Gasteiger partial charge in [0.25, 0.3) is 0 Å². The van der Waals surface area contributed by atoms with E-state index in [1.165, 1.54) is 19.5 Å². The lowest BCUT2D eigenvalue weighted by Crippen LogP contribution is -2.16. The van der Waals surface area contributed by atoms with Gasteiger partial charge in [-0.25, -0.2) is 0 Å². The molecule has 0 bridgehead atoms. The topological polar surface area (TPSA) is 12.0 Å². The molecular formula is C6H13NS2. The summed E-state index contributed by atoms with van der Waals surface area (Å²) in [6, 6.07) is 0. The summed E-state index contributed by atoms with van der Waals surface area (Å²) >= 11 is 4.18. The van der Waals surface area contributed by atoms with Gasteiger partial charge in [0.15, 0.2) is 0 Å². The van der Waals surface area contributed by atoms with Crippen molar-refractivity contribution in [1.82, 2.24) is 5.32 Å². The molecule has 1 aliphatic heterocycles. The smallest absolute Gasteiger partial charge is 0.0161 e. The zero-order valence-electron chi connectivity index (χ0n) is 5.63. The summed E-state index contributed by atoms with van der Waals surface area (Å²) in [6.07, 6.45) is 1.33. The fourth-order valence-corrected chi connectivity index (χ4v) is 2.08. The van der Waals surface area contributed by atoms with Crippen LogP contribution in [-0.2, 0) is 0 Å². The molecule has 1 nitrogen and oxygen atoms in total. The van der Waals surface area contributed by atoms with Crippen molar-refractivity contribution in [2.75, 3.05) is 13.1 Å². The highest BCUT2D eigenvalue weighted by molar-refractivity contribution is 8.68. The number of thiol groups is 1. The van der Waals surface area contributed by atoms with Crippen LogP contribution in [0.1, 0.15) is 13.3 Å². The summed E-state index contributed by atoms with van der Waals surface area (Å²) in [5.74, 6) is 0.854. The highest BCUT2D eigenvalue weighted by atomic mass is 33.1. The van der Waals surface area contributed by atoms with Gasteiger partial charge in [-0.2, -0.15) is 0 Å². The molecule has 0 spiro atoms. The minimum absolute atomic E-state index is 0.711. The van der Waals surface area contributed by atoms with E-state index in [0.717, 1.165) is 5.92 Å². The highest BCUT2D eigenvalue weighted by Gasteiger charge is 2.20. The lowest BCUT2D eigenvalue weighted by atomic mass is 10.1. The molecule has 1 heterocycles. The Morgan fingerprint density at radius 1 is 1.78 bits per heavy atom. The van der Waals surface area contributed by atoms with Crippen LogP contribution in [0.15, 0.2) is 0 Å². The lowest BCUT2D eigenvalue weighted by Gasteiger charge is -2.13. The molecule has 1 aliphatic rings. The molecule has 0 aromatic rings. The second kappa shape index (κ2) is 3.74. The fourth-order valence-electron chi connectivity index (χ4n) is 1.16. The van der Waals surface area contributed by atoms with Crippen molar-refractivity contribution in [2.45, 2.75) is 18.6 Å². The standard InChI is InChI=1S/C6H13NS2/c1-5(9-8)6-2-3-7-4-6/h5-8H,2-4H2,1H3. The zero-order valence-corrected chi connectivity index (χ0v) is 7.34. The van der Waals surface area contributed by atoms with E-state index in [2.05, 4.69) is 23.9 Å². The number of hydrogen-bond donors (Lipinski definition) is 2. The van der Waals surface area contributed by atoms with Crippen molar-refractivity contribution >= 4 is 22.5 Å². The first-order chi connectivity index (χ1) is 4.34. The predicted octanol–water partition coefficient (Wildman–Crippen LogP) is 1.56. The summed E-state index contributed by atoms with van der Waals surface area (Å²) in [4.78, 5) is 0. The van der Waals surface area contributed by atoms with E-state index in [1.807, 2.05) is 0 Å². The van der Waals surface area contributed by atoms with Gasteiger partial charge in [-0.1, -0.05) is 17.7 Å². The molecule has 2 unspecified atom stereocenters. The summed E-state index contributed by atoms with van der Waals surface area (Å²) in [5.41, 5.74) is 0. The first-order valence-corrected chi connectivity index (χ1v) is 5.28. The molecule has 0 aromatic carbocycles. The van der Waals surface area contributed by atoms with Crippen molar-refractivity contribution < 1.29 is 0 Å². The summed E-state index contributed by atoms with van der Waals surface area (Å²) < 4.78 is 0. The van der Waals surface area contributed by atoms with Crippen LogP contribution in [0.25, 0.3) is 0 Å². The lowest BCUT2D eigenvalue weighted by molar-refractivity contribution is 0.579. The average molecular weight is 163 g/mol. The van der Waals surface area contributed by atoms with Crippen LogP contribution in [0.2, 0.25) is 0 Å². The molecule has 1 rings (SSSR count). The van der Waals surface area contributed by atoms with E-state index in [0.29, 0.717) is 5.25 Å². The Balaban J connectivity index is 2.24. The van der Waals surface area contributed by atoms with Gasteiger partial charge >= 0.3 is 0 Å². The summed E-state index contributed by atoms with van der Waals surface area (Å²) in [6.45, 7) is 4.63. The quantitative estimate of drug-likeness (QED) is 0.473. The van der Waals surface area contributed by atoms with Crippen LogP contribution in [0, 0.1) is 5.92 Å². The second-order valence-electron chi connectivity index (χ2n) is 2.56. The maximum Gasteiger partial charge on any atom is 0.0161 e. The van der Waals surface area contributed by atoms with Gasteiger partial charge < -0.3 is 5.32 Å². The van der Waals surface area contributed by atoms with Gasteiger partial charge in [0.05, 0.1) is 0 Å². The molecule has 1 N–H and O–H groups in total. The molecule has 0 aliphatic carbocycles. The van der Waals surface area contributed by atoms with E-state index in [4.69, 9.17) is 0 Å². The first-order valence-electron chi connectivity index (χ1n) is 3.35.